The second kappa shape index (κ2) is 68.1. The second-order valence-electron chi connectivity index (χ2n) is 23.1. The molecule has 0 aromatic carbocycles. The van der Waals surface area contributed by atoms with Gasteiger partial charge in [-0.15, -0.1) is 0 Å². The van der Waals surface area contributed by atoms with E-state index in [0.29, 0.717) is 19.3 Å². The molecule has 6 nitrogen and oxygen atoms in total. The molecule has 0 aliphatic rings. The fourth-order valence-corrected chi connectivity index (χ4v) is 9.93. The Hall–Kier alpha value is -3.41. The minimum atomic E-state index is -0.789. The SMILES string of the molecule is CC/C=C\C/C=C\C/C=C\CCCCCCCC(=O)OCC(COC(=O)CCCCCCCCCCCCCCCCCC/C=C\C/C=C\C/C=C\CCCCCCC)OC(=O)CCCCCCC/C=C\CCCCCCCCC. The lowest BCUT2D eigenvalue weighted by Crippen LogP contribution is -2.30. The maximum atomic E-state index is 12.9. The van der Waals surface area contributed by atoms with E-state index in [9.17, 15) is 14.4 Å². The number of unbranched alkanes of at least 4 members (excludes halogenated alkanes) is 38. The van der Waals surface area contributed by atoms with Crippen LogP contribution in [-0.4, -0.2) is 37.2 Å². The summed E-state index contributed by atoms with van der Waals surface area (Å²) in [4.78, 5) is 38.4. The van der Waals surface area contributed by atoms with E-state index in [1.165, 1.54) is 186 Å². The molecule has 0 aliphatic heterocycles. The predicted octanol–water partition coefficient (Wildman–Crippen LogP) is 23.8. The average molecular weight is 1120 g/mol. The van der Waals surface area contributed by atoms with Crippen LogP contribution in [0, 0.1) is 0 Å². The normalized spacial score (nSPS) is 12.6. The molecule has 0 amide bonds. The molecule has 0 saturated carbocycles. The standard InChI is InChI=1S/C74H130O6/c1-4-7-10-13-16-19-22-25-28-30-31-32-33-34-35-36-37-38-39-40-41-42-43-44-47-49-52-55-58-61-64-67-73(76)79-70-71(69-78-72(75)66-63-60-57-54-51-48-45-27-24-21-18-15-12-9-6-3)80-74(77)68-65-62-59-56-53-50-46-29-26-23-20-17-14-11-8-5-2/h9,12,18,21-22,25,27,29-31,33-34,45-46,71H,4-8,10-11,13-17,19-20,23-24,26,28,32,35-44,47-70H2,1-3H3/b12-9-,21-18-,25-22-,31-30-,34-33-,45-27-,46-29-. The van der Waals surface area contributed by atoms with Gasteiger partial charge < -0.3 is 14.2 Å². The Balaban J connectivity index is 4.23. The molecule has 0 aromatic rings. The Bertz CT molecular complexity index is 1520. The van der Waals surface area contributed by atoms with E-state index in [-0.39, 0.29) is 31.1 Å². The zero-order valence-electron chi connectivity index (χ0n) is 53.1. The van der Waals surface area contributed by atoms with Gasteiger partial charge in [0, 0.05) is 19.3 Å². The van der Waals surface area contributed by atoms with Crippen LogP contribution in [0.1, 0.15) is 348 Å². The quantitative estimate of drug-likeness (QED) is 0.0261. The smallest absolute Gasteiger partial charge is 0.306 e. The first kappa shape index (κ1) is 76.6. The van der Waals surface area contributed by atoms with Crippen LogP contribution in [0.3, 0.4) is 0 Å². The number of allylic oxidation sites excluding steroid dienone is 14. The summed E-state index contributed by atoms with van der Waals surface area (Å²) in [6, 6.07) is 0. The number of hydrogen-bond donors (Lipinski definition) is 0. The molecule has 6 heteroatoms. The maximum Gasteiger partial charge on any atom is 0.306 e. The molecule has 0 saturated heterocycles. The van der Waals surface area contributed by atoms with Gasteiger partial charge in [0.1, 0.15) is 13.2 Å². The van der Waals surface area contributed by atoms with Gasteiger partial charge >= 0.3 is 17.9 Å². The number of rotatable bonds is 63. The third kappa shape index (κ3) is 65.4. The van der Waals surface area contributed by atoms with Gasteiger partial charge in [-0.1, -0.05) is 298 Å². The Kier molecular flexibility index (Phi) is 65.2. The Morgan fingerprint density at radius 3 is 0.775 bits per heavy atom. The number of carbonyl (C=O) groups excluding carboxylic acids is 3. The summed E-state index contributed by atoms with van der Waals surface area (Å²) in [5.41, 5.74) is 0. The zero-order valence-corrected chi connectivity index (χ0v) is 53.1. The van der Waals surface area contributed by atoms with Crippen LogP contribution in [0.5, 0.6) is 0 Å². The molecule has 0 radical (unpaired) electrons. The average Bonchev–Trinajstić information content (AvgIpc) is 3.46. The van der Waals surface area contributed by atoms with Gasteiger partial charge in [0.2, 0.25) is 0 Å². The monoisotopic (exact) mass is 1110 g/mol. The highest BCUT2D eigenvalue weighted by Gasteiger charge is 2.19. The fourth-order valence-electron chi connectivity index (χ4n) is 9.93. The van der Waals surface area contributed by atoms with Crippen LogP contribution < -0.4 is 0 Å². The summed E-state index contributed by atoms with van der Waals surface area (Å²) in [5.74, 6) is -0.894. The molecule has 0 aliphatic carbocycles. The second-order valence-corrected chi connectivity index (χ2v) is 23.1. The van der Waals surface area contributed by atoms with E-state index in [2.05, 4.69) is 106 Å². The first-order valence-electron chi connectivity index (χ1n) is 34.6. The van der Waals surface area contributed by atoms with Crippen LogP contribution in [0.4, 0.5) is 0 Å². The van der Waals surface area contributed by atoms with Gasteiger partial charge in [0.15, 0.2) is 6.10 Å². The molecule has 80 heavy (non-hydrogen) atoms. The van der Waals surface area contributed by atoms with Crippen molar-refractivity contribution in [2.24, 2.45) is 0 Å². The minimum Gasteiger partial charge on any atom is -0.462 e. The van der Waals surface area contributed by atoms with E-state index >= 15 is 0 Å². The molecule has 0 N–H and O–H groups in total. The number of esters is 3. The lowest BCUT2D eigenvalue weighted by Gasteiger charge is -2.18. The van der Waals surface area contributed by atoms with Crippen molar-refractivity contribution in [3.05, 3.63) is 85.1 Å². The minimum absolute atomic E-state index is 0.0831. The highest BCUT2D eigenvalue weighted by Crippen LogP contribution is 2.17. The molecule has 0 spiro atoms. The van der Waals surface area contributed by atoms with E-state index in [1.807, 2.05) is 0 Å². The van der Waals surface area contributed by atoms with Crippen LogP contribution in [0.25, 0.3) is 0 Å². The highest BCUT2D eigenvalue weighted by atomic mass is 16.6. The Morgan fingerprint density at radius 2 is 0.487 bits per heavy atom. The third-order valence-corrected chi connectivity index (χ3v) is 15.1. The summed E-state index contributed by atoms with van der Waals surface area (Å²) < 4.78 is 16.9. The lowest BCUT2D eigenvalue weighted by molar-refractivity contribution is -0.167. The predicted molar refractivity (Wildman–Crippen MR) is 348 cm³/mol. The topological polar surface area (TPSA) is 78.9 Å². The number of hydrogen-bond acceptors (Lipinski definition) is 6. The summed E-state index contributed by atoms with van der Waals surface area (Å²) in [6.07, 6.45) is 90.4. The Morgan fingerprint density at radius 1 is 0.263 bits per heavy atom. The largest absolute Gasteiger partial charge is 0.462 e. The van der Waals surface area contributed by atoms with Crippen molar-refractivity contribution in [1.29, 1.82) is 0 Å². The summed E-state index contributed by atoms with van der Waals surface area (Å²) in [6.45, 7) is 6.53. The first-order valence-corrected chi connectivity index (χ1v) is 34.6. The molecule has 0 rings (SSSR count). The van der Waals surface area contributed by atoms with E-state index < -0.39 is 6.10 Å². The summed E-state index contributed by atoms with van der Waals surface area (Å²) in [5, 5.41) is 0. The molecular formula is C74H130O6. The van der Waals surface area contributed by atoms with Crippen LogP contribution >= 0.6 is 0 Å². The van der Waals surface area contributed by atoms with Crippen LogP contribution in [0.15, 0.2) is 85.1 Å². The van der Waals surface area contributed by atoms with Crippen molar-refractivity contribution in [3.8, 4) is 0 Å². The van der Waals surface area contributed by atoms with Crippen LogP contribution in [0.2, 0.25) is 0 Å². The van der Waals surface area contributed by atoms with Crippen molar-refractivity contribution in [2.45, 2.75) is 354 Å². The Labute approximate surface area is 496 Å². The van der Waals surface area contributed by atoms with Crippen LogP contribution in [-0.2, 0) is 28.6 Å². The summed E-state index contributed by atoms with van der Waals surface area (Å²) >= 11 is 0. The van der Waals surface area contributed by atoms with Crippen molar-refractivity contribution in [1.82, 2.24) is 0 Å². The van der Waals surface area contributed by atoms with Gasteiger partial charge in [-0.2, -0.15) is 0 Å². The maximum absolute atomic E-state index is 12.9. The molecule has 0 bridgehead atoms. The summed E-state index contributed by atoms with van der Waals surface area (Å²) in [7, 11) is 0. The molecule has 0 fully saturated rings. The molecule has 1 atom stereocenters. The van der Waals surface area contributed by atoms with Crippen molar-refractivity contribution < 1.29 is 28.6 Å². The number of carbonyl (C=O) groups is 3. The van der Waals surface area contributed by atoms with Crippen molar-refractivity contribution in [2.75, 3.05) is 13.2 Å². The van der Waals surface area contributed by atoms with Gasteiger partial charge in [0.25, 0.3) is 0 Å². The highest BCUT2D eigenvalue weighted by molar-refractivity contribution is 5.71. The lowest BCUT2D eigenvalue weighted by atomic mass is 10.0. The first-order chi connectivity index (χ1) is 39.5. The van der Waals surface area contributed by atoms with E-state index in [1.54, 1.807) is 0 Å². The molecule has 1 unspecified atom stereocenters. The van der Waals surface area contributed by atoms with Gasteiger partial charge in [-0.3, -0.25) is 14.4 Å². The molecule has 0 aromatic heterocycles. The zero-order chi connectivity index (χ0) is 57.8. The van der Waals surface area contributed by atoms with Crippen molar-refractivity contribution in [3.63, 3.8) is 0 Å². The molecule has 0 heterocycles. The fraction of sp³-hybridized carbons (Fsp3) is 0.770. The van der Waals surface area contributed by atoms with E-state index in [4.69, 9.17) is 14.2 Å². The van der Waals surface area contributed by atoms with Gasteiger partial charge in [-0.25, -0.2) is 0 Å². The van der Waals surface area contributed by atoms with Crippen molar-refractivity contribution >= 4 is 17.9 Å². The van der Waals surface area contributed by atoms with Gasteiger partial charge in [0.05, 0.1) is 0 Å². The molecule has 462 valence electrons. The number of ether oxygens (including phenoxy) is 3. The van der Waals surface area contributed by atoms with E-state index in [0.717, 1.165) is 122 Å². The molecular weight excluding hydrogens is 985 g/mol. The van der Waals surface area contributed by atoms with Gasteiger partial charge in [-0.05, 0) is 116 Å². The third-order valence-electron chi connectivity index (χ3n) is 15.1.